The summed E-state index contributed by atoms with van der Waals surface area (Å²) in [6.07, 6.45) is 3.06. The van der Waals surface area contributed by atoms with Gasteiger partial charge in [-0.15, -0.1) is 11.3 Å². The molecule has 1 aliphatic rings. The number of carbonyl (C=O) groups is 1. The highest BCUT2D eigenvalue weighted by atomic mass is 32.2. The maximum Gasteiger partial charge on any atom is 0.293 e. The number of hydrogen-bond acceptors (Lipinski definition) is 5. The predicted octanol–water partition coefficient (Wildman–Crippen LogP) is 3.73. The molecule has 3 heterocycles. The largest absolute Gasteiger partial charge is 0.459 e. The fraction of sp³-hybridized carbons (Fsp3) is 0.167. The van der Waals surface area contributed by atoms with Gasteiger partial charge in [-0.05, 0) is 60.2 Å². The van der Waals surface area contributed by atoms with E-state index >= 15 is 0 Å². The van der Waals surface area contributed by atoms with Crippen LogP contribution in [0.15, 0.2) is 62.7 Å². The summed E-state index contributed by atoms with van der Waals surface area (Å²) < 4.78 is 32.8. The van der Waals surface area contributed by atoms with E-state index < -0.39 is 10.0 Å². The summed E-state index contributed by atoms with van der Waals surface area (Å²) in [5.74, 6) is 0.100. The molecule has 0 bridgehead atoms. The average molecular weight is 388 g/mol. The average Bonchev–Trinajstić information content (AvgIpc) is 3.33. The number of benzene rings is 1. The van der Waals surface area contributed by atoms with E-state index in [9.17, 15) is 13.2 Å². The van der Waals surface area contributed by atoms with Gasteiger partial charge in [-0.25, -0.2) is 8.42 Å². The second kappa shape index (κ2) is 6.62. The zero-order valence-electron chi connectivity index (χ0n) is 13.7. The Morgan fingerprint density at radius 2 is 2.08 bits per heavy atom. The normalized spacial score (nSPS) is 14.1. The number of aryl methyl sites for hydroxylation is 1. The molecule has 134 valence electrons. The van der Waals surface area contributed by atoms with Crippen molar-refractivity contribution in [3.63, 3.8) is 0 Å². The zero-order valence-corrected chi connectivity index (χ0v) is 15.3. The van der Waals surface area contributed by atoms with E-state index in [-0.39, 0.29) is 10.1 Å². The van der Waals surface area contributed by atoms with Crippen LogP contribution >= 0.6 is 11.3 Å². The molecule has 26 heavy (non-hydrogen) atoms. The molecule has 0 radical (unpaired) electrons. The number of fused-ring (bicyclic) bond motifs is 1. The highest BCUT2D eigenvalue weighted by Crippen LogP contribution is 2.32. The smallest absolute Gasteiger partial charge is 0.293 e. The van der Waals surface area contributed by atoms with Crippen molar-refractivity contribution >= 4 is 38.6 Å². The molecule has 1 aliphatic heterocycles. The number of amides is 1. The van der Waals surface area contributed by atoms with Crippen LogP contribution in [0.4, 0.5) is 11.4 Å². The van der Waals surface area contributed by atoms with Crippen LogP contribution in [0.25, 0.3) is 0 Å². The van der Waals surface area contributed by atoms with Gasteiger partial charge in [0.05, 0.1) is 6.26 Å². The second-order valence-electron chi connectivity index (χ2n) is 5.92. The Balaban J connectivity index is 1.62. The summed E-state index contributed by atoms with van der Waals surface area (Å²) >= 11 is 1.17. The van der Waals surface area contributed by atoms with Gasteiger partial charge in [-0.3, -0.25) is 9.52 Å². The Kier molecular flexibility index (Phi) is 4.29. The highest BCUT2D eigenvalue weighted by Gasteiger charge is 2.26. The number of anilines is 2. The molecular formula is C18H16N2O4S2. The molecule has 4 rings (SSSR count). The first kappa shape index (κ1) is 16.9. The molecule has 0 spiro atoms. The quantitative estimate of drug-likeness (QED) is 0.738. The van der Waals surface area contributed by atoms with Gasteiger partial charge in [0.2, 0.25) is 0 Å². The Morgan fingerprint density at radius 3 is 2.81 bits per heavy atom. The van der Waals surface area contributed by atoms with Crippen molar-refractivity contribution in [2.24, 2.45) is 0 Å². The van der Waals surface area contributed by atoms with Gasteiger partial charge in [-0.2, -0.15) is 0 Å². The minimum atomic E-state index is -3.59. The van der Waals surface area contributed by atoms with Crippen LogP contribution in [0.3, 0.4) is 0 Å². The van der Waals surface area contributed by atoms with E-state index in [4.69, 9.17) is 4.42 Å². The molecule has 8 heteroatoms. The highest BCUT2D eigenvalue weighted by molar-refractivity contribution is 7.94. The van der Waals surface area contributed by atoms with E-state index in [0.29, 0.717) is 18.0 Å². The summed E-state index contributed by atoms with van der Waals surface area (Å²) in [7, 11) is -3.59. The Morgan fingerprint density at radius 1 is 1.19 bits per heavy atom. The topological polar surface area (TPSA) is 79.6 Å². The van der Waals surface area contributed by atoms with Crippen LogP contribution in [0.2, 0.25) is 0 Å². The molecule has 1 aromatic carbocycles. The number of carbonyl (C=O) groups excluding carboxylic acids is 1. The standard InChI is InChI=1S/C18H16N2O4S2/c21-18(16-5-2-10-24-16)20-9-1-4-13-12-14(7-8-15(13)20)19-26(22,23)17-6-3-11-25-17/h2-3,5-8,10-12,19H,1,4,9H2. The van der Waals surface area contributed by atoms with Crippen molar-refractivity contribution in [3.05, 3.63) is 65.4 Å². The third-order valence-electron chi connectivity index (χ3n) is 4.19. The summed E-state index contributed by atoms with van der Waals surface area (Å²) in [5, 5.41) is 1.72. The molecule has 0 aliphatic carbocycles. The van der Waals surface area contributed by atoms with Gasteiger partial charge in [0.25, 0.3) is 15.9 Å². The van der Waals surface area contributed by atoms with Gasteiger partial charge < -0.3 is 9.32 Å². The van der Waals surface area contributed by atoms with E-state index in [2.05, 4.69) is 4.72 Å². The maximum atomic E-state index is 12.6. The van der Waals surface area contributed by atoms with Crippen molar-refractivity contribution in [1.29, 1.82) is 0 Å². The van der Waals surface area contributed by atoms with Crippen LogP contribution in [0.1, 0.15) is 22.5 Å². The molecule has 3 aromatic rings. The van der Waals surface area contributed by atoms with Crippen molar-refractivity contribution in [2.75, 3.05) is 16.2 Å². The van der Waals surface area contributed by atoms with Crippen LogP contribution in [-0.4, -0.2) is 20.9 Å². The summed E-state index contributed by atoms with van der Waals surface area (Å²) in [4.78, 5) is 14.3. The molecule has 6 nitrogen and oxygen atoms in total. The first-order chi connectivity index (χ1) is 12.5. The molecule has 1 amide bonds. The lowest BCUT2D eigenvalue weighted by Gasteiger charge is -2.29. The van der Waals surface area contributed by atoms with Crippen LogP contribution in [0, 0.1) is 0 Å². The number of thiophene rings is 1. The molecule has 0 saturated carbocycles. The number of hydrogen-bond donors (Lipinski definition) is 1. The fourth-order valence-electron chi connectivity index (χ4n) is 3.03. The van der Waals surface area contributed by atoms with E-state index in [1.54, 1.807) is 52.7 Å². The number of sulfonamides is 1. The van der Waals surface area contributed by atoms with Gasteiger partial charge in [0.1, 0.15) is 4.21 Å². The third-order valence-corrected chi connectivity index (χ3v) is 6.97. The maximum absolute atomic E-state index is 12.6. The second-order valence-corrected chi connectivity index (χ2v) is 8.78. The predicted molar refractivity (Wildman–Crippen MR) is 100 cm³/mol. The first-order valence-corrected chi connectivity index (χ1v) is 10.5. The van der Waals surface area contributed by atoms with Crippen LogP contribution < -0.4 is 9.62 Å². The molecule has 0 atom stereocenters. The molecule has 1 N–H and O–H groups in total. The lowest BCUT2D eigenvalue weighted by Crippen LogP contribution is -2.35. The molecule has 0 saturated heterocycles. The minimum absolute atomic E-state index is 0.192. The van der Waals surface area contributed by atoms with E-state index in [1.165, 1.54) is 17.6 Å². The van der Waals surface area contributed by atoms with E-state index in [0.717, 1.165) is 24.1 Å². The van der Waals surface area contributed by atoms with Crippen molar-refractivity contribution in [1.82, 2.24) is 0 Å². The van der Waals surface area contributed by atoms with Crippen molar-refractivity contribution in [3.8, 4) is 0 Å². The molecule has 0 fully saturated rings. The zero-order chi connectivity index (χ0) is 18.1. The third kappa shape index (κ3) is 3.13. The summed E-state index contributed by atoms with van der Waals surface area (Å²) in [6, 6.07) is 11.8. The Labute approximate surface area is 155 Å². The molecular weight excluding hydrogens is 372 g/mol. The molecule has 2 aromatic heterocycles. The lowest BCUT2D eigenvalue weighted by molar-refractivity contribution is 0.0958. The van der Waals surface area contributed by atoms with Crippen molar-refractivity contribution < 1.29 is 17.6 Å². The SMILES string of the molecule is O=C(c1ccco1)N1CCCc2cc(NS(=O)(=O)c3cccs3)ccc21. The van der Waals surface area contributed by atoms with Crippen LogP contribution in [-0.2, 0) is 16.4 Å². The lowest BCUT2D eigenvalue weighted by atomic mass is 10.0. The Hall–Kier alpha value is -2.58. The minimum Gasteiger partial charge on any atom is -0.459 e. The summed E-state index contributed by atoms with van der Waals surface area (Å²) in [6.45, 7) is 0.604. The van der Waals surface area contributed by atoms with Gasteiger partial charge in [0.15, 0.2) is 5.76 Å². The number of nitrogens with zero attached hydrogens (tertiary/aromatic N) is 1. The number of rotatable bonds is 4. The van der Waals surface area contributed by atoms with Gasteiger partial charge in [-0.1, -0.05) is 6.07 Å². The first-order valence-electron chi connectivity index (χ1n) is 8.09. The monoisotopic (exact) mass is 388 g/mol. The van der Waals surface area contributed by atoms with Crippen molar-refractivity contribution in [2.45, 2.75) is 17.1 Å². The Bertz CT molecular complexity index is 1030. The van der Waals surface area contributed by atoms with Gasteiger partial charge in [0, 0.05) is 17.9 Å². The number of nitrogens with one attached hydrogen (secondary N) is 1. The number of furan rings is 1. The molecule has 0 unspecified atom stereocenters. The summed E-state index contributed by atoms with van der Waals surface area (Å²) in [5.41, 5.74) is 2.21. The van der Waals surface area contributed by atoms with Gasteiger partial charge >= 0.3 is 0 Å². The van der Waals surface area contributed by atoms with Crippen LogP contribution in [0.5, 0.6) is 0 Å². The van der Waals surface area contributed by atoms with E-state index in [1.807, 2.05) is 0 Å². The fourth-order valence-corrected chi connectivity index (χ4v) is 5.07.